The van der Waals surface area contributed by atoms with Crippen LogP contribution in [-0.2, 0) is 26.9 Å². The summed E-state index contributed by atoms with van der Waals surface area (Å²) in [6, 6.07) is 23.6. The number of carbonyl (C=O) groups excluding carboxylic acids is 2. The number of halogens is 1. The van der Waals surface area contributed by atoms with Crippen molar-refractivity contribution in [2.45, 2.75) is 40.5 Å². The van der Waals surface area contributed by atoms with Crippen LogP contribution in [0.4, 0.5) is 40.3 Å². The van der Waals surface area contributed by atoms with E-state index in [-0.39, 0.29) is 17.1 Å². The fraction of sp³-hybridized carbons (Fsp3) is 0.217. The van der Waals surface area contributed by atoms with Crippen molar-refractivity contribution in [3.05, 3.63) is 135 Å². The van der Waals surface area contributed by atoms with Crippen LogP contribution in [0.5, 0.6) is 0 Å². The van der Waals surface area contributed by atoms with E-state index in [0.717, 1.165) is 80.9 Å². The average Bonchev–Trinajstić information content (AvgIpc) is 3.74. The maximum absolute atomic E-state index is 12.1. The molecule has 17 heteroatoms. The summed E-state index contributed by atoms with van der Waals surface area (Å²) < 4.78 is 3.43. The van der Waals surface area contributed by atoms with Crippen molar-refractivity contribution in [1.82, 2.24) is 50.1 Å². The average molecular weight is 863 g/mol. The molecule has 0 spiro atoms. The summed E-state index contributed by atoms with van der Waals surface area (Å²) in [5, 5.41) is 26.6. The Morgan fingerprint density at radius 2 is 1.13 bits per heavy atom. The number of anilines is 7. The van der Waals surface area contributed by atoms with Crippen LogP contribution >= 0.6 is 11.6 Å². The lowest BCUT2D eigenvalue weighted by Gasteiger charge is -2.17. The summed E-state index contributed by atoms with van der Waals surface area (Å²) in [4.78, 5) is 40.7. The predicted octanol–water partition coefficient (Wildman–Crippen LogP) is 7.69. The van der Waals surface area contributed by atoms with E-state index in [4.69, 9.17) is 17.3 Å². The third-order valence-electron chi connectivity index (χ3n) is 10.9. The van der Waals surface area contributed by atoms with Crippen LogP contribution in [0.3, 0.4) is 0 Å². The molecule has 0 atom stereocenters. The first-order valence-corrected chi connectivity index (χ1v) is 20.8. The molecule has 0 unspecified atom stereocenters. The molecule has 0 aliphatic carbocycles. The summed E-state index contributed by atoms with van der Waals surface area (Å²) in [7, 11) is 3.69. The lowest BCUT2D eigenvalue weighted by molar-refractivity contribution is 0.0937. The first-order chi connectivity index (χ1) is 30.3. The second-order valence-electron chi connectivity index (χ2n) is 15.5. The number of carbonyl (C=O) groups is 2. The number of amides is 2. The van der Waals surface area contributed by atoms with Crippen molar-refractivity contribution in [3.8, 4) is 0 Å². The number of benzene rings is 4. The molecule has 2 aliphatic heterocycles. The number of nitrogens with one attached hydrogen (secondary N) is 5. The number of hydrogen-bond donors (Lipinski definition) is 6. The van der Waals surface area contributed by atoms with Gasteiger partial charge < -0.3 is 32.3 Å². The number of fused-ring (bicyclic) bond motifs is 4. The van der Waals surface area contributed by atoms with Gasteiger partial charge in [0.2, 0.25) is 11.2 Å². The SMILES string of the molecule is Cc1cccc(C)c1Nc1nn(C)c2nc(Cl)ncc12.Cc1cccc(C)c1Nc1nn(C)c2nc(Nc3ccc4c(c3)C(=O)NCC4)ncc12.Nc1ccc2c(c1)C(=O)NCC2. The van der Waals surface area contributed by atoms with Crippen molar-refractivity contribution < 1.29 is 9.59 Å². The van der Waals surface area contributed by atoms with Crippen LogP contribution in [0, 0.1) is 27.7 Å². The Morgan fingerprint density at radius 1 is 0.635 bits per heavy atom. The number of rotatable bonds is 6. The van der Waals surface area contributed by atoms with Crippen molar-refractivity contribution >= 4 is 85.8 Å². The first kappa shape index (κ1) is 42.1. The van der Waals surface area contributed by atoms with Crippen molar-refractivity contribution in [2.24, 2.45) is 14.1 Å². The molecule has 0 saturated carbocycles. The molecule has 10 rings (SSSR count). The molecule has 4 aromatic carbocycles. The van der Waals surface area contributed by atoms with Gasteiger partial charge in [0.15, 0.2) is 22.9 Å². The van der Waals surface area contributed by atoms with E-state index in [2.05, 4.69) is 109 Å². The van der Waals surface area contributed by atoms with E-state index in [1.54, 1.807) is 27.8 Å². The minimum absolute atomic E-state index is 0.0106. The quantitative estimate of drug-likeness (QED) is 0.0703. The summed E-state index contributed by atoms with van der Waals surface area (Å²) >= 11 is 5.83. The van der Waals surface area contributed by atoms with Crippen molar-refractivity contribution in [1.29, 1.82) is 0 Å². The van der Waals surface area contributed by atoms with Crippen LogP contribution in [0.1, 0.15) is 54.1 Å². The van der Waals surface area contributed by atoms with Crippen molar-refractivity contribution in [3.63, 3.8) is 0 Å². The molecule has 0 radical (unpaired) electrons. The van der Waals surface area contributed by atoms with Gasteiger partial charge in [-0.25, -0.2) is 19.3 Å². The minimum atomic E-state index is -0.0462. The van der Waals surface area contributed by atoms with Crippen LogP contribution in [0.15, 0.2) is 85.2 Å². The number of hydrogen-bond acceptors (Lipinski definition) is 12. The maximum atomic E-state index is 12.1. The summed E-state index contributed by atoms with van der Waals surface area (Å²) in [6.07, 6.45) is 5.20. The summed E-state index contributed by atoms with van der Waals surface area (Å²) in [5.74, 6) is 1.84. The number of nitrogens with zero attached hydrogens (tertiary/aromatic N) is 8. The second kappa shape index (κ2) is 17.8. The molecule has 2 aliphatic rings. The topological polar surface area (TPSA) is 208 Å². The van der Waals surface area contributed by atoms with Gasteiger partial charge in [0.25, 0.3) is 11.8 Å². The van der Waals surface area contributed by atoms with Crippen LogP contribution in [0.2, 0.25) is 5.28 Å². The van der Waals surface area contributed by atoms with E-state index in [9.17, 15) is 9.59 Å². The highest BCUT2D eigenvalue weighted by Crippen LogP contribution is 2.31. The molecule has 4 aromatic heterocycles. The summed E-state index contributed by atoms with van der Waals surface area (Å²) in [5.41, 5.74) is 18.7. The lowest BCUT2D eigenvalue weighted by Crippen LogP contribution is -2.31. The molecule has 0 bridgehead atoms. The normalized spacial score (nSPS) is 12.8. The van der Waals surface area contributed by atoms with Gasteiger partial charge in [-0.2, -0.15) is 20.2 Å². The fourth-order valence-electron chi connectivity index (χ4n) is 7.61. The molecular weight excluding hydrogens is 816 g/mol. The molecular formula is C46H47ClN14O2. The molecule has 0 fully saturated rings. The summed E-state index contributed by atoms with van der Waals surface area (Å²) in [6.45, 7) is 9.67. The number of nitrogen functional groups attached to an aromatic ring is 1. The second-order valence-corrected chi connectivity index (χ2v) is 15.8. The zero-order valence-electron chi connectivity index (χ0n) is 35.8. The van der Waals surface area contributed by atoms with E-state index in [0.29, 0.717) is 40.9 Å². The van der Waals surface area contributed by atoms with Gasteiger partial charge in [-0.3, -0.25) is 9.59 Å². The molecule has 7 N–H and O–H groups in total. The molecule has 320 valence electrons. The van der Waals surface area contributed by atoms with Crippen LogP contribution < -0.4 is 32.3 Å². The van der Waals surface area contributed by atoms with Gasteiger partial charge in [-0.05, 0) is 110 Å². The number of nitrogens with two attached hydrogens (primary N) is 1. The van der Waals surface area contributed by atoms with E-state index >= 15 is 0 Å². The van der Waals surface area contributed by atoms with Gasteiger partial charge in [-0.15, -0.1) is 0 Å². The monoisotopic (exact) mass is 862 g/mol. The lowest BCUT2D eigenvalue weighted by atomic mass is 10.00. The molecule has 2 amide bonds. The Balaban J connectivity index is 0.000000145. The first-order valence-electron chi connectivity index (χ1n) is 20.4. The highest BCUT2D eigenvalue weighted by atomic mass is 35.5. The molecule has 6 heterocycles. The zero-order valence-corrected chi connectivity index (χ0v) is 36.5. The van der Waals surface area contributed by atoms with E-state index < -0.39 is 0 Å². The van der Waals surface area contributed by atoms with E-state index in [1.807, 2.05) is 56.6 Å². The molecule has 8 aromatic rings. The molecule has 16 nitrogen and oxygen atoms in total. The minimum Gasteiger partial charge on any atom is -0.399 e. The predicted molar refractivity (Wildman–Crippen MR) is 249 cm³/mol. The Bertz CT molecular complexity index is 3010. The fourth-order valence-corrected chi connectivity index (χ4v) is 7.74. The van der Waals surface area contributed by atoms with Gasteiger partial charge in [-0.1, -0.05) is 48.5 Å². The van der Waals surface area contributed by atoms with Crippen LogP contribution in [0.25, 0.3) is 22.1 Å². The van der Waals surface area contributed by atoms with Gasteiger partial charge in [0.1, 0.15) is 0 Å². The molecule has 0 saturated heterocycles. The maximum Gasteiger partial charge on any atom is 0.251 e. The van der Waals surface area contributed by atoms with Crippen LogP contribution in [-0.4, -0.2) is 64.4 Å². The number of aryl methyl sites for hydroxylation is 6. The number of aromatic nitrogens is 8. The van der Waals surface area contributed by atoms with Gasteiger partial charge in [0.05, 0.1) is 10.8 Å². The standard InChI is InChI=1S/C23H23N7O.C14H14ClN5.C9H10N2O/c1-13-5-4-6-14(2)19(13)27-20-18-12-25-23(28-21(18)30(3)29-20)26-16-8-7-15-9-10-24-22(31)17(15)11-16;1-8-5-4-6-9(2)11(8)17-12-10-7-16-14(15)18-13(10)20(3)19-12;10-7-2-1-6-3-4-11-9(12)8(6)5-7/h4-8,11-12H,9-10H2,1-3H3,(H,24,31)(H,27,29)(H,25,26,28);4-7H,1-3H3,(H,17,19);1-2,5H,3-4,10H2,(H,11,12). The Hall–Kier alpha value is -7.59. The smallest absolute Gasteiger partial charge is 0.251 e. The third kappa shape index (κ3) is 9.06. The van der Waals surface area contributed by atoms with Crippen molar-refractivity contribution in [2.75, 3.05) is 34.8 Å². The highest BCUT2D eigenvalue weighted by molar-refractivity contribution is 6.28. The zero-order chi connectivity index (χ0) is 44.4. The Labute approximate surface area is 368 Å². The Kier molecular flexibility index (Phi) is 11.9. The largest absolute Gasteiger partial charge is 0.399 e. The Morgan fingerprint density at radius 3 is 1.68 bits per heavy atom. The van der Waals surface area contributed by atoms with Gasteiger partial charge in [0, 0.05) is 73.5 Å². The highest BCUT2D eigenvalue weighted by Gasteiger charge is 2.19. The molecule has 63 heavy (non-hydrogen) atoms. The third-order valence-corrected chi connectivity index (χ3v) is 11.1. The number of para-hydroxylation sites is 2. The van der Waals surface area contributed by atoms with E-state index in [1.165, 1.54) is 11.1 Å². The van der Waals surface area contributed by atoms with Gasteiger partial charge >= 0.3 is 0 Å².